The molecule has 2 bridgehead atoms. The van der Waals surface area contributed by atoms with Gasteiger partial charge in [-0.15, -0.1) is 0 Å². The van der Waals surface area contributed by atoms with Crippen molar-refractivity contribution in [3.63, 3.8) is 0 Å². The van der Waals surface area contributed by atoms with Crippen LogP contribution in [0.25, 0.3) is 0 Å². The molecule has 2 atom stereocenters. The van der Waals surface area contributed by atoms with E-state index < -0.39 is 0 Å². The van der Waals surface area contributed by atoms with Crippen LogP contribution in [0.4, 0.5) is 0 Å². The summed E-state index contributed by atoms with van der Waals surface area (Å²) in [6.07, 6.45) is 5.29. The second-order valence-corrected chi connectivity index (χ2v) is 7.22. The first-order valence-electron chi connectivity index (χ1n) is 9.26. The van der Waals surface area contributed by atoms with Gasteiger partial charge in [-0.2, -0.15) is 0 Å². The van der Waals surface area contributed by atoms with Gasteiger partial charge in [0.1, 0.15) is 5.75 Å². The van der Waals surface area contributed by atoms with Crippen molar-refractivity contribution >= 4 is 5.97 Å². The van der Waals surface area contributed by atoms with Crippen LogP contribution in [0.1, 0.15) is 43.0 Å². The molecule has 1 aromatic carbocycles. The molecular weight excluding hydrogens is 302 g/mol. The number of fused-ring (bicyclic) bond motifs is 2. The Kier molecular flexibility index (Phi) is 5.77. The van der Waals surface area contributed by atoms with Crippen LogP contribution in [-0.2, 0) is 4.74 Å². The Labute approximate surface area is 145 Å². The number of esters is 1. The first-order valence-corrected chi connectivity index (χ1v) is 9.26. The molecule has 1 saturated carbocycles. The van der Waals surface area contributed by atoms with Crippen molar-refractivity contribution in [2.45, 2.75) is 32.6 Å². The van der Waals surface area contributed by atoms with Gasteiger partial charge in [0, 0.05) is 13.1 Å². The second kappa shape index (κ2) is 8.02. The average molecular weight is 331 g/mol. The maximum atomic E-state index is 11.6. The highest BCUT2D eigenvalue weighted by molar-refractivity contribution is 5.89. The van der Waals surface area contributed by atoms with E-state index in [1.54, 1.807) is 12.1 Å². The van der Waals surface area contributed by atoms with Crippen molar-refractivity contribution in [3.8, 4) is 5.75 Å². The lowest BCUT2D eigenvalue weighted by Crippen LogP contribution is -2.47. The van der Waals surface area contributed by atoms with E-state index in [0.717, 1.165) is 36.5 Å². The van der Waals surface area contributed by atoms with Crippen LogP contribution in [0.3, 0.4) is 0 Å². The van der Waals surface area contributed by atoms with E-state index in [-0.39, 0.29) is 5.97 Å². The largest absolute Gasteiger partial charge is 0.494 e. The van der Waals surface area contributed by atoms with Crippen LogP contribution in [0, 0.1) is 17.8 Å². The molecule has 0 radical (unpaired) electrons. The van der Waals surface area contributed by atoms with Gasteiger partial charge in [-0.05, 0) is 75.3 Å². The van der Waals surface area contributed by atoms with Crippen LogP contribution in [0.5, 0.6) is 5.75 Å². The molecule has 1 saturated heterocycles. The first kappa shape index (κ1) is 17.3. The Morgan fingerprint density at radius 3 is 2.46 bits per heavy atom. The zero-order valence-electron chi connectivity index (χ0n) is 14.9. The van der Waals surface area contributed by atoms with Gasteiger partial charge in [0.2, 0.25) is 0 Å². The molecule has 132 valence electrons. The van der Waals surface area contributed by atoms with E-state index in [1.165, 1.54) is 32.4 Å². The summed E-state index contributed by atoms with van der Waals surface area (Å²) in [5, 5.41) is 0. The third-order valence-electron chi connectivity index (χ3n) is 5.54. The Balaban J connectivity index is 1.49. The highest BCUT2D eigenvalue weighted by atomic mass is 16.5. The number of nitrogens with zero attached hydrogens (tertiary/aromatic N) is 1. The number of benzene rings is 1. The van der Waals surface area contributed by atoms with Gasteiger partial charge in [0.25, 0.3) is 0 Å². The molecule has 2 aliphatic rings. The van der Waals surface area contributed by atoms with Crippen molar-refractivity contribution in [1.29, 1.82) is 0 Å². The summed E-state index contributed by atoms with van der Waals surface area (Å²) in [6.45, 7) is 5.47. The van der Waals surface area contributed by atoms with Crippen LogP contribution in [-0.4, -0.2) is 44.2 Å². The van der Waals surface area contributed by atoms with E-state index in [9.17, 15) is 4.79 Å². The summed E-state index contributed by atoms with van der Waals surface area (Å²) < 4.78 is 10.9. The molecule has 2 fully saturated rings. The molecular formula is C20H29NO3. The lowest BCUT2D eigenvalue weighted by molar-refractivity contribution is 0.0247. The van der Waals surface area contributed by atoms with Crippen LogP contribution in [0.2, 0.25) is 0 Å². The summed E-state index contributed by atoms with van der Waals surface area (Å²) in [5.74, 6) is 3.06. The Hall–Kier alpha value is -1.55. The van der Waals surface area contributed by atoms with Crippen molar-refractivity contribution in [3.05, 3.63) is 29.8 Å². The summed E-state index contributed by atoms with van der Waals surface area (Å²) in [6, 6.07) is 7.28. The standard InChI is InChI=1S/C20H29NO3/c1-3-23-20(22)15-7-9-18(10-8-15)24-12-11-19-16-5-4-6-17(19)14-21(2)13-16/h7-10,16-17,19H,3-6,11-14H2,1-2H3. The maximum absolute atomic E-state index is 11.6. The van der Waals surface area contributed by atoms with Gasteiger partial charge >= 0.3 is 5.97 Å². The van der Waals surface area contributed by atoms with Crippen LogP contribution >= 0.6 is 0 Å². The zero-order chi connectivity index (χ0) is 16.9. The molecule has 3 rings (SSSR count). The molecule has 0 spiro atoms. The van der Waals surface area contributed by atoms with E-state index in [2.05, 4.69) is 11.9 Å². The number of hydrogen-bond donors (Lipinski definition) is 0. The highest BCUT2D eigenvalue weighted by Gasteiger charge is 2.37. The number of carbonyl (C=O) groups excluding carboxylic acids is 1. The van der Waals surface area contributed by atoms with Crippen LogP contribution in [0.15, 0.2) is 24.3 Å². The predicted octanol–water partition coefficient (Wildman–Crippen LogP) is 3.61. The highest BCUT2D eigenvalue weighted by Crippen LogP contribution is 2.41. The Morgan fingerprint density at radius 1 is 1.17 bits per heavy atom. The lowest BCUT2D eigenvalue weighted by Gasteiger charge is -2.46. The molecule has 0 amide bonds. The minimum Gasteiger partial charge on any atom is -0.494 e. The summed E-state index contributed by atoms with van der Waals surface area (Å²) >= 11 is 0. The lowest BCUT2D eigenvalue weighted by atomic mass is 9.68. The molecule has 1 aliphatic carbocycles. The second-order valence-electron chi connectivity index (χ2n) is 7.22. The number of hydrogen-bond acceptors (Lipinski definition) is 4. The van der Waals surface area contributed by atoms with Crippen molar-refractivity contribution in [2.24, 2.45) is 17.8 Å². The SMILES string of the molecule is CCOC(=O)c1ccc(OCCC2C3CCCC2CN(C)C3)cc1. The number of likely N-dealkylation sites (tertiary alicyclic amines) is 1. The van der Waals surface area contributed by atoms with Crippen molar-refractivity contribution in [1.82, 2.24) is 4.90 Å². The fourth-order valence-corrected chi connectivity index (χ4v) is 4.47. The number of carbonyl (C=O) groups is 1. The van der Waals surface area contributed by atoms with Gasteiger partial charge in [0.15, 0.2) is 0 Å². The van der Waals surface area contributed by atoms with Gasteiger partial charge in [0.05, 0.1) is 18.8 Å². The maximum Gasteiger partial charge on any atom is 0.338 e. The predicted molar refractivity (Wildman–Crippen MR) is 94.3 cm³/mol. The van der Waals surface area contributed by atoms with Crippen molar-refractivity contribution < 1.29 is 14.3 Å². The van der Waals surface area contributed by atoms with E-state index in [1.807, 2.05) is 19.1 Å². The Morgan fingerprint density at radius 2 is 1.83 bits per heavy atom. The third-order valence-corrected chi connectivity index (χ3v) is 5.54. The Bertz CT molecular complexity index is 528. The molecule has 0 aromatic heterocycles. The summed E-state index contributed by atoms with van der Waals surface area (Å²) in [7, 11) is 2.25. The number of piperidine rings is 1. The molecule has 2 unspecified atom stereocenters. The normalized spacial score (nSPS) is 26.8. The van der Waals surface area contributed by atoms with Crippen LogP contribution < -0.4 is 4.74 Å². The quantitative estimate of drug-likeness (QED) is 0.747. The molecule has 1 aromatic rings. The van der Waals surface area contributed by atoms with Gasteiger partial charge in [-0.25, -0.2) is 4.79 Å². The minimum absolute atomic E-state index is 0.275. The fraction of sp³-hybridized carbons (Fsp3) is 0.650. The monoisotopic (exact) mass is 331 g/mol. The average Bonchev–Trinajstić information content (AvgIpc) is 2.56. The van der Waals surface area contributed by atoms with E-state index in [4.69, 9.17) is 9.47 Å². The molecule has 0 N–H and O–H groups in total. The molecule has 4 nitrogen and oxygen atoms in total. The van der Waals surface area contributed by atoms with E-state index in [0.29, 0.717) is 12.2 Å². The van der Waals surface area contributed by atoms with Gasteiger partial charge in [-0.3, -0.25) is 0 Å². The topological polar surface area (TPSA) is 38.8 Å². The summed E-state index contributed by atoms with van der Waals surface area (Å²) in [4.78, 5) is 14.1. The number of ether oxygens (including phenoxy) is 2. The zero-order valence-corrected chi connectivity index (χ0v) is 14.9. The van der Waals surface area contributed by atoms with Crippen molar-refractivity contribution in [2.75, 3.05) is 33.4 Å². The molecule has 1 aliphatic heterocycles. The van der Waals surface area contributed by atoms with Gasteiger partial charge < -0.3 is 14.4 Å². The minimum atomic E-state index is -0.275. The number of rotatable bonds is 6. The first-order chi connectivity index (χ1) is 11.7. The fourth-order valence-electron chi connectivity index (χ4n) is 4.47. The van der Waals surface area contributed by atoms with Gasteiger partial charge in [-0.1, -0.05) is 6.42 Å². The smallest absolute Gasteiger partial charge is 0.338 e. The molecule has 1 heterocycles. The molecule has 24 heavy (non-hydrogen) atoms. The van der Waals surface area contributed by atoms with E-state index >= 15 is 0 Å². The molecule has 4 heteroatoms. The third kappa shape index (κ3) is 4.10. The summed E-state index contributed by atoms with van der Waals surface area (Å²) in [5.41, 5.74) is 0.578.